The number of aromatic amines is 1. The summed E-state index contributed by atoms with van der Waals surface area (Å²) in [6, 6.07) is 5.57. The Morgan fingerprint density at radius 2 is 2.27 bits per heavy atom. The highest BCUT2D eigenvalue weighted by Crippen LogP contribution is 2.35. The lowest BCUT2D eigenvalue weighted by atomic mass is 9.85. The molecule has 1 saturated carbocycles. The van der Waals surface area contributed by atoms with E-state index < -0.39 is 0 Å². The first-order valence-electron chi connectivity index (χ1n) is 5.31. The van der Waals surface area contributed by atoms with E-state index in [0.717, 1.165) is 23.1 Å². The van der Waals surface area contributed by atoms with Crippen LogP contribution in [0.4, 0.5) is 0 Å². The number of nitrogens with one attached hydrogen (secondary N) is 1. The van der Waals surface area contributed by atoms with Crippen LogP contribution < -0.4 is 0 Å². The van der Waals surface area contributed by atoms with Gasteiger partial charge in [0.05, 0.1) is 11.0 Å². The normalized spacial score (nSPS) is 16.5. The van der Waals surface area contributed by atoms with E-state index in [1.807, 2.05) is 12.1 Å². The standard InChI is InChI=1S/C12H12N2O/c15-7-8-4-5-10-11(6-8)14-12(13-10)9-2-1-3-9/h4-7,9H,1-3H2,(H,13,14). The third kappa shape index (κ3) is 1.35. The number of aldehydes is 1. The number of imidazole rings is 1. The van der Waals surface area contributed by atoms with Crippen LogP contribution in [-0.4, -0.2) is 16.3 Å². The molecule has 2 aromatic rings. The third-order valence-corrected chi connectivity index (χ3v) is 3.15. The minimum absolute atomic E-state index is 0.608. The molecule has 0 saturated heterocycles. The van der Waals surface area contributed by atoms with E-state index in [9.17, 15) is 4.79 Å². The molecule has 1 N–H and O–H groups in total. The summed E-state index contributed by atoms with van der Waals surface area (Å²) in [6.45, 7) is 0. The van der Waals surface area contributed by atoms with Gasteiger partial charge < -0.3 is 4.98 Å². The number of fused-ring (bicyclic) bond motifs is 1. The predicted molar refractivity (Wildman–Crippen MR) is 58.1 cm³/mol. The number of nitrogens with zero attached hydrogens (tertiary/aromatic N) is 1. The molecule has 1 aromatic carbocycles. The van der Waals surface area contributed by atoms with E-state index in [4.69, 9.17) is 0 Å². The van der Waals surface area contributed by atoms with Crippen molar-refractivity contribution < 1.29 is 4.79 Å². The SMILES string of the molecule is O=Cc1ccc2nc(C3CCC3)[nH]c2c1. The smallest absolute Gasteiger partial charge is 0.150 e. The van der Waals surface area contributed by atoms with Crippen molar-refractivity contribution >= 4 is 17.3 Å². The van der Waals surface area contributed by atoms with E-state index in [2.05, 4.69) is 9.97 Å². The van der Waals surface area contributed by atoms with E-state index in [1.54, 1.807) is 6.07 Å². The molecule has 1 heterocycles. The highest BCUT2D eigenvalue weighted by atomic mass is 16.1. The van der Waals surface area contributed by atoms with Crippen LogP contribution in [0.15, 0.2) is 18.2 Å². The maximum Gasteiger partial charge on any atom is 0.150 e. The molecule has 1 fully saturated rings. The highest BCUT2D eigenvalue weighted by Gasteiger charge is 2.22. The minimum Gasteiger partial charge on any atom is -0.342 e. The molecular weight excluding hydrogens is 188 g/mol. The number of carbonyl (C=O) groups is 1. The number of benzene rings is 1. The lowest BCUT2D eigenvalue weighted by Gasteiger charge is -2.22. The molecule has 0 bridgehead atoms. The number of rotatable bonds is 2. The zero-order valence-corrected chi connectivity index (χ0v) is 8.36. The fourth-order valence-electron chi connectivity index (χ4n) is 2.00. The monoisotopic (exact) mass is 200 g/mol. The van der Waals surface area contributed by atoms with Crippen molar-refractivity contribution in [3.05, 3.63) is 29.6 Å². The molecule has 0 atom stereocenters. The first-order chi connectivity index (χ1) is 7.36. The fourth-order valence-corrected chi connectivity index (χ4v) is 2.00. The van der Waals surface area contributed by atoms with Crippen molar-refractivity contribution in [3.8, 4) is 0 Å². The van der Waals surface area contributed by atoms with Gasteiger partial charge in [-0.1, -0.05) is 6.42 Å². The van der Waals surface area contributed by atoms with Gasteiger partial charge in [-0.15, -0.1) is 0 Å². The number of hydrogen-bond acceptors (Lipinski definition) is 2. The maximum atomic E-state index is 10.6. The van der Waals surface area contributed by atoms with Gasteiger partial charge in [0.2, 0.25) is 0 Å². The lowest BCUT2D eigenvalue weighted by Crippen LogP contribution is -2.10. The topological polar surface area (TPSA) is 45.8 Å². The Morgan fingerprint density at radius 3 is 2.93 bits per heavy atom. The maximum absolute atomic E-state index is 10.6. The first-order valence-corrected chi connectivity index (χ1v) is 5.31. The predicted octanol–water partition coefficient (Wildman–Crippen LogP) is 2.64. The average molecular weight is 200 g/mol. The number of aromatic nitrogens is 2. The highest BCUT2D eigenvalue weighted by molar-refractivity contribution is 5.84. The van der Waals surface area contributed by atoms with Crippen LogP contribution in [0.2, 0.25) is 0 Å². The van der Waals surface area contributed by atoms with Gasteiger partial charge in [-0.2, -0.15) is 0 Å². The van der Waals surface area contributed by atoms with Gasteiger partial charge in [0, 0.05) is 11.5 Å². The number of hydrogen-bond donors (Lipinski definition) is 1. The number of H-pyrrole nitrogens is 1. The third-order valence-electron chi connectivity index (χ3n) is 3.15. The molecule has 1 aliphatic rings. The summed E-state index contributed by atoms with van der Waals surface area (Å²) in [4.78, 5) is 18.5. The molecule has 0 radical (unpaired) electrons. The quantitative estimate of drug-likeness (QED) is 0.757. The molecule has 76 valence electrons. The Kier molecular flexibility index (Phi) is 1.84. The molecule has 0 amide bonds. The molecule has 0 aliphatic heterocycles. The van der Waals surface area contributed by atoms with Crippen molar-refractivity contribution in [1.82, 2.24) is 9.97 Å². The summed E-state index contributed by atoms with van der Waals surface area (Å²) in [5.41, 5.74) is 2.63. The van der Waals surface area contributed by atoms with E-state index in [-0.39, 0.29) is 0 Å². The largest absolute Gasteiger partial charge is 0.342 e. The van der Waals surface area contributed by atoms with Crippen LogP contribution in [0.3, 0.4) is 0 Å². The van der Waals surface area contributed by atoms with Gasteiger partial charge in [-0.25, -0.2) is 4.98 Å². The lowest BCUT2D eigenvalue weighted by molar-refractivity contribution is 0.112. The van der Waals surface area contributed by atoms with Gasteiger partial charge in [-0.05, 0) is 31.0 Å². The Balaban J connectivity index is 2.08. The van der Waals surface area contributed by atoms with Gasteiger partial charge >= 0.3 is 0 Å². The minimum atomic E-state index is 0.608. The van der Waals surface area contributed by atoms with Crippen LogP contribution in [-0.2, 0) is 0 Å². The molecule has 3 rings (SSSR count). The van der Waals surface area contributed by atoms with Crippen molar-refractivity contribution in [2.24, 2.45) is 0 Å². The van der Waals surface area contributed by atoms with Crippen LogP contribution in [0.5, 0.6) is 0 Å². The zero-order chi connectivity index (χ0) is 10.3. The Labute approximate surface area is 87.5 Å². The van der Waals surface area contributed by atoms with E-state index in [1.165, 1.54) is 19.3 Å². The van der Waals surface area contributed by atoms with Crippen LogP contribution in [0, 0.1) is 0 Å². The van der Waals surface area contributed by atoms with Crippen LogP contribution >= 0.6 is 0 Å². The van der Waals surface area contributed by atoms with E-state index >= 15 is 0 Å². The van der Waals surface area contributed by atoms with Crippen molar-refractivity contribution in [1.29, 1.82) is 0 Å². The second-order valence-corrected chi connectivity index (χ2v) is 4.14. The Bertz CT molecular complexity index is 511. The van der Waals surface area contributed by atoms with Gasteiger partial charge in [0.1, 0.15) is 12.1 Å². The molecule has 0 spiro atoms. The second-order valence-electron chi connectivity index (χ2n) is 4.14. The summed E-state index contributed by atoms with van der Waals surface area (Å²) in [6.07, 6.45) is 4.64. The summed E-state index contributed by atoms with van der Waals surface area (Å²) >= 11 is 0. The molecule has 1 aromatic heterocycles. The van der Waals surface area contributed by atoms with Gasteiger partial charge in [0.25, 0.3) is 0 Å². The van der Waals surface area contributed by atoms with Gasteiger partial charge in [0.15, 0.2) is 0 Å². The van der Waals surface area contributed by atoms with Gasteiger partial charge in [-0.3, -0.25) is 4.79 Å². The summed E-state index contributed by atoms with van der Waals surface area (Å²) in [5.74, 6) is 1.69. The van der Waals surface area contributed by atoms with Crippen molar-refractivity contribution in [2.75, 3.05) is 0 Å². The fraction of sp³-hybridized carbons (Fsp3) is 0.333. The van der Waals surface area contributed by atoms with Crippen LogP contribution in [0.1, 0.15) is 41.4 Å². The Hall–Kier alpha value is -1.64. The average Bonchev–Trinajstić information content (AvgIpc) is 2.56. The molecule has 15 heavy (non-hydrogen) atoms. The van der Waals surface area contributed by atoms with Crippen molar-refractivity contribution in [2.45, 2.75) is 25.2 Å². The number of carbonyl (C=O) groups excluding carboxylic acids is 1. The van der Waals surface area contributed by atoms with Crippen molar-refractivity contribution in [3.63, 3.8) is 0 Å². The second kappa shape index (κ2) is 3.19. The Morgan fingerprint density at radius 1 is 1.40 bits per heavy atom. The molecular formula is C12H12N2O. The molecule has 1 aliphatic carbocycles. The van der Waals surface area contributed by atoms with E-state index in [0.29, 0.717) is 11.5 Å². The first kappa shape index (κ1) is 8.65. The molecule has 3 nitrogen and oxygen atoms in total. The molecule has 3 heteroatoms. The summed E-state index contributed by atoms with van der Waals surface area (Å²) in [7, 11) is 0. The summed E-state index contributed by atoms with van der Waals surface area (Å²) in [5, 5.41) is 0. The van der Waals surface area contributed by atoms with Crippen LogP contribution in [0.25, 0.3) is 11.0 Å². The zero-order valence-electron chi connectivity index (χ0n) is 8.36. The summed E-state index contributed by atoms with van der Waals surface area (Å²) < 4.78 is 0. The molecule has 0 unspecified atom stereocenters.